The second-order valence-corrected chi connectivity index (χ2v) is 10.9. The third-order valence-corrected chi connectivity index (χ3v) is 6.84. The third-order valence-electron chi connectivity index (χ3n) is 6.84. The molecule has 2 aliphatic heterocycles. The Hall–Kier alpha value is -3.84. The number of imidazole rings is 1. The molecule has 5 rings (SSSR count). The zero-order valence-electron chi connectivity index (χ0n) is 22.3. The SMILES string of the molecule is C[C@H]1CCN1c1nc(-n2ccc(CC(=O)N3CCN(C(=O)OC(C)(C)C)CC3)n2)cn2c(C(F)(F)F)cnc12. The molecule has 3 aromatic heterocycles. The molecule has 14 heteroatoms. The van der Waals surface area contributed by atoms with Gasteiger partial charge in [0.15, 0.2) is 17.3 Å². The van der Waals surface area contributed by atoms with Gasteiger partial charge in [0, 0.05) is 45.0 Å². The molecule has 0 bridgehead atoms. The summed E-state index contributed by atoms with van der Waals surface area (Å²) < 4.78 is 48.8. The molecule has 11 nitrogen and oxygen atoms in total. The van der Waals surface area contributed by atoms with Gasteiger partial charge < -0.3 is 19.4 Å². The van der Waals surface area contributed by atoms with E-state index in [1.165, 1.54) is 10.9 Å². The van der Waals surface area contributed by atoms with Gasteiger partial charge in [0.05, 0.1) is 24.5 Å². The molecule has 1 atom stereocenters. The van der Waals surface area contributed by atoms with E-state index in [2.05, 4.69) is 15.1 Å². The van der Waals surface area contributed by atoms with Gasteiger partial charge in [-0.2, -0.15) is 18.3 Å². The zero-order valence-corrected chi connectivity index (χ0v) is 22.3. The Morgan fingerprint density at radius 1 is 1.08 bits per heavy atom. The molecule has 5 heterocycles. The normalized spacial score (nSPS) is 18.4. The van der Waals surface area contributed by atoms with E-state index >= 15 is 0 Å². The molecule has 2 aliphatic rings. The quantitative estimate of drug-likeness (QED) is 0.494. The minimum atomic E-state index is -4.59. The number of alkyl halides is 3. The first kappa shape index (κ1) is 26.8. The van der Waals surface area contributed by atoms with Crippen LogP contribution in [0.5, 0.6) is 0 Å². The van der Waals surface area contributed by atoms with Gasteiger partial charge in [0.25, 0.3) is 0 Å². The molecule has 0 unspecified atom stereocenters. The largest absolute Gasteiger partial charge is 0.444 e. The first-order valence-electron chi connectivity index (χ1n) is 12.8. The Morgan fingerprint density at radius 2 is 1.77 bits per heavy atom. The molecule has 0 aliphatic carbocycles. The maximum absolute atomic E-state index is 13.7. The van der Waals surface area contributed by atoms with E-state index in [0.717, 1.165) is 17.0 Å². The first-order valence-corrected chi connectivity index (χ1v) is 12.8. The highest BCUT2D eigenvalue weighted by atomic mass is 19.4. The lowest BCUT2D eigenvalue weighted by molar-refractivity contribution is -0.141. The van der Waals surface area contributed by atoms with E-state index in [1.54, 1.807) is 42.8 Å². The second kappa shape index (κ2) is 9.72. The maximum Gasteiger partial charge on any atom is 0.433 e. The van der Waals surface area contributed by atoms with E-state index in [0.29, 0.717) is 44.2 Å². The van der Waals surface area contributed by atoms with Crippen molar-refractivity contribution in [3.8, 4) is 5.82 Å². The van der Waals surface area contributed by atoms with E-state index in [4.69, 9.17) is 4.74 Å². The van der Waals surface area contributed by atoms with Crippen LogP contribution in [0.1, 0.15) is 45.5 Å². The van der Waals surface area contributed by atoms with Crippen molar-refractivity contribution in [2.45, 2.75) is 58.4 Å². The van der Waals surface area contributed by atoms with Crippen LogP contribution in [0.15, 0.2) is 24.7 Å². The Kier molecular flexibility index (Phi) is 6.67. The van der Waals surface area contributed by atoms with Crippen molar-refractivity contribution in [2.75, 3.05) is 37.6 Å². The van der Waals surface area contributed by atoms with Gasteiger partial charge in [-0.25, -0.2) is 19.4 Å². The number of piperazine rings is 1. The monoisotopic (exact) mass is 548 g/mol. The standard InChI is InChI=1S/C25H31F3N8O3/c1-16-5-7-34(16)22-21-29-14-18(25(26,27)28)35(21)15-19(30-22)36-8-6-17(31-36)13-20(37)32-9-11-33(12-10-32)23(38)39-24(2,3)4/h6,8,14-16H,5,7,9-13H2,1-4H3/t16-/m0/s1. The predicted octanol–water partition coefficient (Wildman–Crippen LogP) is 3.15. The summed E-state index contributed by atoms with van der Waals surface area (Å²) in [6.07, 6.45) is -0.438. The van der Waals surface area contributed by atoms with Crippen LogP contribution in [-0.2, 0) is 22.1 Å². The lowest BCUT2D eigenvalue weighted by Gasteiger charge is -2.39. The van der Waals surface area contributed by atoms with E-state index in [1.807, 2.05) is 11.8 Å². The zero-order chi connectivity index (χ0) is 28.1. The number of hydrogen-bond donors (Lipinski definition) is 0. The van der Waals surface area contributed by atoms with Gasteiger partial charge in [-0.3, -0.25) is 9.20 Å². The fourth-order valence-electron chi connectivity index (χ4n) is 4.62. The molecular weight excluding hydrogens is 517 g/mol. The molecule has 0 aromatic carbocycles. The Labute approximate surface area is 223 Å². The van der Waals surface area contributed by atoms with E-state index in [9.17, 15) is 22.8 Å². The average Bonchev–Trinajstić information content (AvgIpc) is 3.49. The first-order chi connectivity index (χ1) is 18.3. The number of fused-ring (bicyclic) bond motifs is 1. The molecule has 0 spiro atoms. The minimum absolute atomic E-state index is 0.0105. The highest BCUT2D eigenvalue weighted by molar-refractivity contribution is 5.79. The van der Waals surface area contributed by atoms with Crippen LogP contribution in [0.2, 0.25) is 0 Å². The summed E-state index contributed by atoms with van der Waals surface area (Å²) in [6.45, 7) is 9.52. The number of hydrogen-bond acceptors (Lipinski definition) is 7. The van der Waals surface area contributed by atoms with Gasteiger partial charge in [-0.1, -0.05) is 0 Å². The predicted molar refractivity (Wildman–Crippen MR) is 135 cm³/mol. The number of anilines is 1. The van der Waals surface area contributed by atoms with Crippen LogP contribution in [0.4, 0.5) is 23.8 Å². The fraction of sp³-hybridized carbons (Fsp3) is 0.560. The summed E-state index contributed by atoms with van der Waals surface area (Å²) in [5.41, 5.74) is -0.908. The number of halogens is 3. The summed E-state index contributed by atoms with van der Waals surface area (Å²) in [7, 11) is 0. The highest BCUT2D eigenvalue weighted by Gasteiger charge is 2.37. The number of carbonyl (C=O) groups excluding carboxylic acids is 2. The van der Waals surface area contributed by atoms with Crippen LogP contribution in [-0.4, -0.2) is 90.3 Å². The number of rotatable bonds is 4. The van der Waals surface area contributed by atoms with E-state index in [-0.39, 0.29) is 29.8 Å². The maximum atomic E-state index is 13.7. The van der Waals surface area contributed by atoms with Crippen LogP contribution >= 0.6 is 0 Å². The van der Waals surface area contributed by atoms with Crippen molar-refractivity contribution in [1.82, 2.24) is 33.9 Å². The van der Waals surface area contributed by atoms with Crippen LogP contribution in [0.3, 0.4) is 0 Å². The molecule has 0 saturated carbocycles. The van der Waals surface area contributed by atoms with Crippen LogP contribution in [0.25, 0.3) is 11.5 Å². The molecule has 39 heavy (non-hydrogen) atoms. The molecular formula is C25H31F3N8O3. The lowest BCUT2D eigenvalue weighted by atomic mass is 10.1. The Balaban J connectivity index is 1.31. The van der Waals surface area contributed by atoms with Gasteiger partial charge in [0.2, 0.25) is 5.91 Å². The second-order valence-electron chi connectivity index (χ2n) is 10.9. The van der Waals surface area contributed by atoms with Gasteiger partial charge in [-0.15, -0.1) is 0 Å². The third kappa shape index (κ3) is 5.50. The number of amides is 2. The lowest BCUT2D eigenvalue weighted by Crippen LogP contribution is -2.52. The smallest absolute Gasteiger partial charge is 0.433 e. The van der Waals surface area contributed by atoms with Crippen molar-refractivity contribution in [3.63, 3.8) is 0 Å². The summed E-state index contributed by atoms with van der Waals surface area (Å²) in [4.78, 5) is 39.0. The van der Waals surface area contributed by atoms with Gasteiger partial charge in [0.1, 0.15) is 11.3 Å². The van der Waals surface area contributed by atoms with Crippen LogP contribution in [0, 0.1) is 0 Å². The Bertz CT molecular complexity index is 1390. The van der Waals surface area contributed by atoms with Gasteiger partial charge in [-0.05, 0) is 40.2 Å². The van der Waals surface area contributed by atoms with Crippen molar-refractivity contribution in [1.29, 1.82) is 0 Å². The number of ether oxygens (including phenoxy) is 1. The van der Waals surface area contributed by atoms with E-state index < -0.39 is 23.6 Å². The Morgan fingerprint density at radius 3 is 2.36 bits per heavy atom. The molecule has 3 aromatic rings. The molecule has 0 N–H and O–H groups in total. The molecule has 2 amide bonds. The summed E-state index contributed by atoms with van der Waals surface area (Å²) in [5, 5.41) is 4.43. The highest BCUT2D eigenvalue weighted by Crippen LogP contribution is 2.34. The van der Waals surface area contributed by atoms with Crippen molar-refractivity contribution in [2.24, 2.45) is 0 Å². The number of nitrogens with zero attached hydrogens (tertiary/aromatic N) is 8. The summed E-state index contributed by atoms with van der Waals surface area (Å²) in [6, 6.07) is 1.77. The number of carbonyl (C=O) groups is 2. The average molecular weight is 549 g/mol. The molecule has 2 fully saturated rings. The van der Waals surface area contributed by atoms with Gasteiger partial charge >= 0.3 is 12.3 Å². The number of aromatic nitrogens is 5. The summed E-state index contributed by atoms with van der Waals surface area (Å²) in [5.74, 6) is 0.388. The van der Waals surface area contributed by atoms with Crippen molar-refractivity contribution < 1.29 is 27.5 Å². The molecule has 0 radical (unpaired) electrons. The fourth-order valence-corrected chi connectivity index (χ4v) is 4.62. The molecule has 210 valence electrons. The minimum Gasteiger partial charge on any atom is -0.444 e. The topological polar surface area (TPSA) is 101 Å². The summed E-state index contributed by atoms with van der Waals surface area (Å²) >= 11 is 0. The van der Waals surface area contributed by atoms with Crippen molar-refractivity contribution >= 4 is 23.5 Å². The molecule has 2 saturated heterocycles. The van der Waals surface area contributed by atoms with Crippen molar-refractivity contribution in [3.05, 3.63) is 36.0 Å². The van der Waals surface area contributed by atoms with Crippen LogP contribution < -0.4 is 4.90 Å².